The molecule has 1 heterocycles. The SMILES string of the molecule is CC(C)(O)C#Cc1ccc(CN2CCC(CO)(Cc3ccc(Cl)cc3)CC2)cc1. The molecule has 0 atom stereocenters. The lowest BCUT2D eigenvalue weighted by molar-refractivity contribution is 0.0414. The summed E-state index contributed by atoms with van der Waals surface area (Å²) in [5.41, 5.74) is 2.39. The largest absolute Gasteiger partial charge is 0.396 e. The van der Waals surface area contributed by atoms with E-state index in [1.54, 1.807) is 13.8 Å². The molecule has 0 aliphatic carbocycles. The van der Waals surface area contributed by atoms with Crippen LogP contribution in [0.4, 0.5) is 0 Å². The number of halogens is 1. The second kappa shape index (κ2) is 9.32. The molecule has 0 aromatic heterocycles. The number of hydrogen-bond acceptors (Lipinski definition) is 3. The molecule has 0 amide bonds. The van der Waals surface area contributed by atoms with Crippen LogP contribution in [0.25, 0.3) is 0 Å². The van der Waals surface area contributed by atoms with Crippen LogP contribution in [-0.2, 0) is 13.0 Å². The van der Waals surface area contributed by atoms with Crippen molar-refractivity contribution in [2.75, 3.05) is 19.7 Å². The fourth-order valence-corrected chi connectivity index (χ4v) is 3.91. The van der Waals surface area contributed by atoms with E-state index in [0.29, 0.717) is 0 Å². The minimum atomic E-state index is -0.975. The second-order valence-corrected chi connectivity index (χ2v) is 9.18. The summed E-state index contributed by atoms with van der Waals surface area (Å²) in [7, 11) is 0. The fourth-order valence-electron chi connectivity index (χ4n) is 3.79. The molecule has 29 heavy (non-hydrogen) atoms. The van der Waals surface area contributed by atoms with Crippen molar-refractivity contribution in [3.63, 3.8) is 0 Å². The van der Waals surface area contributed by atoms with Crippen molar-refractivity contribution in [2.45, 2.75) is 45.3 Å². The quantitative estimate of drug-likeness (QED) is 0.722. The van der Waals surface area contributed by atoms with Crippen LogP contribution in [0.3, 0.4) is 0 Å². The highest BCUT2D eigenvalue weighted by Crippen LogP contribution is 2.35. The van der Waals surface area contributed by atoms with Gasteiger partial charge in [0.2, 0.25) is 0 Å². The summed E-state index contributed by atoms with van der Waals surface area (Å²) in [5, 5.41) is 20.6. The standard InChI is InChI=1S/C25H30ClNO2/c1-24(2,29)12-11-20-3-5-22(6-4-20)18-27-15-13-25(19-28,14-16-27)17-21-7-9-23(26)10-8-21/h3-10,28-29H,13-19H2,1-2H3. The topological polar surface area (TPSA) is 43.7 Å². The molecule has 154 valence electrons. The van der Waals surface area contributed by atoms with Gasteiger partial charge in [0.15, 0.2) is 0 Å². The zero-order chi connectivity index (χ0) is 20.9. The summed E-state index contributed by atoms with van der Waals surface area (Å²) in [4.78, 5) is 2.45. The van der Waals surface area contributed by atoms with Crippen LogP contribution in [0.15, 0.2) is 48.5 Å². The minimum absolute atomic E-state index is 0.0408. The van der Waals surface area contributed by atoms with Gasteiger partial charge in [-0.25, -0.2) is 0 Å². The Hall–Kier alpha value is -1.83. The Morgan fingerprint density at radius 1 is 1.00 bits per heavy atom. The molecular weight excluding hydrogens is 382 g/mol. The first-order valence-corrected chi connectivity index (χ1v) is 10.6. The third-order valence-electron chi connectivity index (χ3n) is 5.62. The van der Waals surface area contributed by atoms with E-state index in [1.165, 1.54) is 11.1 Å². The Balaban J connectivity index is 1.55. The average molecular weight is 412 g/mol. The Bertz CT molecular complexity index is 849. The van der Waals surface area contributed by atoms with Gasteiger partial charge in [0, 0.05) is 23.7 Å². The van der Waals surface area contributed by atoms with Crippen LogP contribution >= 0.6 is 11.6 Å². The summed E-state index contributed by atoms with van der Waals surface area (Å²) in [6, 6.07) is 16.2. The number of piperidine rings is 1. The van der Waals surface area contributed by atoms with Crippen molar-refractivity contribution in [1.29, 1.82) is 0 Å². The number of likely N-dealkylation sites (tertiary alicyclic amines) is 1. The van der Waals surface area contributed by atoms with Crippen molar-refractivity contribution in [3.8, 4) is 11.8 Å². The highest BCUT2D eigenvalue weighted by Gasteiger charge is 2.34. The van der Waals surface area contributed by atoms with Gasteiger partial charge in [-0.05, 0) is 87.0 Å². The van der Waals surface area contributed by atoms with Crippen LogP contribution in [-0.4, -0.2) is 40.4 Å². The molecular formula is C25H30ClNO2. The van der Waals surface area contributed by atoms with Gasteiger partial charge in [-0.3, -0.25) is 4.90 Å². The molecule has 0 radical (unpaired) electrons. The van der Waals surface area contributed by atoms with Crippen molar-refractivity contribution in [2.24, 2.45) is 5.41 Å². The van der Waals surface area contributed by atoms with Crippen molar-refractivity contribution >= 4 is 11.6 Å². The normalized spacial score (nSPS) is 16.9. The van der Waals surface area contributed by atoms with Gasteiger partial charge < -0.3 is 10.2 Å². The lowest BCUT2D eigenvalue weighted by Crippen LogP contribution is -2.42. The van der Waals surface area contributed by atoms with Gasteiger partial charge in [0.25, 0.3) is 0 Å². The first kappa shape index (κ1) is 21.9. The molecule has 4 heteroatoms. The molecule has 0 bridgehead atoms. The Morgan fingerprint density at radius 3 is 2.14 bits per heavy atom. The number of hydrogen-bond donors (Lipinski definition) is 2. The van der Waals surface area contributed by atoms with Crippen LogP contribution in [0.1, 0.15) is 43.4 Å². The summed E-state index contributed by atoms with van der Waals surface area (Å²) < 4.78 is 0. The van der Waals surface area contributed by atoms with E-state index in [0.717, 1.165) is 49.5 Å². The summed E-state index contributed by atoms with van der Waals surface area (Å²) in [6.07, 6.45) is 2.87. The molecule has 0 unspecified atom stereocenters. The smallest absolute Gasteiger partial charge is 0.120 e. The molecule has 3 rings (SSSR count). The molecule has 1 fully saturated rings. The number of aliphatic hydroxyl groups excluding tert-OH is 1. The molecule has 2 aromatic rings. The Labute approximate surface area is 179 Å². The predicted molar refractivity (Wildman–Crippen MR) is 119 cm³/mol. The van der Waals surface area contributed by atoms with Crippen molar-refractivity contribution in [3.05, 3.63) is 70.2 Å². The fraction of sp³-hybridized carbons (Fsp3) is 0.440. The maximum Gasteiger partial charge on any atom is 0.120 e. The maximum absolute atomic E-state index is 10.1. The predicted octanol–water partition coefficient (Wildman–Crippen LogP) is 4.28. The molecule has 0 spiro atoms. The zero-order valence-electron chi connectivity index (χ0n) is 17.3. The van der Waals surface area contributed by atoms with E-state index in [-0.39, 0.29) is 12.0 Å². The van der Waals surface area contributed by atoms with Crippen LogP contribution in [0.5, 0.6) is 0 Å². The number of benzene rings is 2. The minimum Gasteiger partial charge on any atom is -0.396 e. The van der Waals surface area contributed by atoms with Gasteiger partial charge in [-0.15, -0.1) is 0 Å². The van der Waals surface area contributed by atoms with Gasteiger partial charge in [-0.2, -0.15) is 0 Å². The summed E-state index contributed by atoms with van der Waals surface area (Å²) >= 11 is 5.99. The van der Waals surface area contributed by atoms with Gasteiger partial charge >= 0.3 is 0 Å². The maximum atomic E-state index is 10.1. The van der Waals surface area contributed by atoms with E-state index in [9.17, 15) is 10.2 Å². The van der Waals surface area contributed by atoms with E-state index >= 15 is 0 Å². The second-order valence-electron chi connectivity index (χ2n) is 8.74. The third kappa shape index (κ3) is 6.59. The molecule has 0 saturated carbocycles. The third-order valence-corrected chi connectivity index (χ3v) is 5.87. The molecule has 1 saturated heterocycles. The summed E-state index contributed by atoms with van der Waals surface area (Å²) in [6.45, 7) is 6.46. The van der Waals surface area contributed by atoms with Gasteiger partial charge in [0.05, 0.1) is 0 Å². The Kier molecular flexibility index (Phi) is 7.03. The first-order valence-electron chi connectivity index (χ1n) is 10.2. The van der Waals surface area contributed by atoms with E-state index in [1.807, 2.05) is 24.3 Å². The zero-order valence-corrected chi connectivity index (χ0v) is 18.0. The molecule has 1 aliphatic rings. The molecule has 3 nitrogen and oxygen atoms in total. The average Bonchev–Trinajstić information content (AvgIpc) is 2.70. The molecule has 2 N–H and O–H groups in total. The van der Waals surface area contributed by atoms with Gasteiger partial charge in [-0.1, -0.05) is 47.7 Å². The van der Waals surface area contributed by atoms with E-state index < -0.39 is 5.60 Å². The van der Waals surface area contributed by atoms with E-state index in [2.05, 4.69) is 41.0 Å². The monoisotopic (exact) mass is 411 g/mol. The van der Waals surface area contributed by atoms with Crippen LogP contribution in [0.2, 0.25) is 5.02 Å². The van der Waals surface area contributed by atoms with Crippen LogP contribution < -0.4 is 0 Å². The van der Waals surface area contributed by atoms with Crippen molar-refractivity contribution < 1.29 is 10.2 Å². The molecule has 1 aliphatic heterocycles. The first-order chi connectivity index (χ1) is 13.8. The number of rotatable bonds is 5. The number of nitrogens with zero attached hydrogens (tertiary/aromatic N) is 1. The van der Waals surface area contributed by atoms with Crippen LogP contribution in [0, 0.1) is 17.3 Å². The molecule has 2 aromatic carbocycles. The van der Waals surface area contributed by atoms with E-state index in [4.69, 9.17) is 11.6 Å². The Morgan fingerprint density at radius 2 is 1.59 bits per heavy atom. The van der Waals surface area contributed by atoms with Crippen molar-refractivity contribution in [1.82, 2.24) is 4.90 Å². The lowest BCUT2D eigenvalue weighted by Gasteiger charge is -2.41. The summed E-state index contributed by atoms with van der Waals surface area (Å²) in [5.74, 6) is 5.85. The highest BCUT2D eigenvalue weighted by molar-refractivity contribution is 6.30. The highest BCUT2D eigenvalue weighted by atomic mass is 35.5. The van der Waals surface area contributed by atoms with Gasteiger partial charge in [0.1, 0.15) is 5.60 Å². The number of aliphatic hydroxyl groups is 2. The lowest BCUT2D eigenvalue weighted by atomic mass is 9.74.